The average molecular weight is 329 g/mol. The second-order valence-electron chi connectivity index (χ2n) is 5.36. The van der Waals surface area contributed by atoms with Crippen LogP contribution in [0.3, 0.4) is 0 Å². The SMILES string of the molecule is CNC(=O)OC1CN(c2nc3ncc(OC)cc3n3cnnc23)C1. The van der Waals surface area contributed by atoms with Gasteiger partial charge in [-0.05, 0) is 0 Å². The number of fused-ring (bicyclic) bond motifs is 3. The molecule has 1 saturated heterocycles. The summed E-state index contributed by atoms with van der Waals surface area (Å²) in [5, 5.41) is 10.6. The smallest absolute Gasteiger partial charge is 0.407 e. The van der Waals surface area contributed by atoms with Crippen molar-refractivity contribution in [2.75, 3.05) is 32.1 Å². The first-order valence-electron chi connectivity index (χ1n) is 7.36. The number of anilines is 1. The maximum atomic E-state index is 11.2. The largest absolute Gasteiger partial charge is 0.495 e. The molecule has 1 aliphatic rings. The number of nitrogens with zero attached hydrogens (tertiary/aromatic N) is 6. The summed E-state index contributed by atoms with van der Waals surface area (Å²) >= 11 is 0. The molecule has 3 aromatic heterocycles. The second kappa shape index (κ2) is 5.48. The van der Waals surface area contributed by atoms with Gasteiger partial charge in [0.15, 0.2) is 11.5 Å². The Morgan fingerprint density at radius 1 is 1.42 bits per heavy atom. The van der Waals surface area contributed by atoms with Crippen molar-refractivity contribution in [3.05, 3.63) is 18.6 Å². The van der Waals surface area contributed by atoms with E-state index in [9.17, 15) is 4.79 Å². The Bertz CT molecular complexity index is 919. The Morgan fingerprint density at radius 2 is 2.25 bits per heavy atom. The summed E-state index contributed by atoms with van der Waals surface area (Å²) in [4.78, 5) is 22.1. The molecule has 0 unspecified atom stereocenters. The Hall–Kier alpha value is -3.17. The molecule has 4 heterocycles. The van der Waals surface area contributed by atoms with Crippen LogP contribution in [0, 0.1) is 0 Å². The van der Waals surface area contributed by atoms with E-state index in [2.05, 4.69) is 25.5 Å². The molecule has 24 heavy (non-hydrogen) atoms. The van der Waals surface area contributed by atoms with E-state index >= 15 is 0 Å². The number of carbonyl (C=O) groups is 1. The third kappa shape index (κ3) is 2.23. The van der Waals surface area contributed by atoms with Crippen molar-refractivity contribution in [3.8, 4) is 5.75 Å². The lowest BCUT2D eigenvalue weighted by Gasteiger charge is -2.38. The van der Waals surface area contributed by atoms with Gasteiger partial charge in [-0.15, -0.1) is 10.2 Å². The van der Waals surface area contributed by atoms with Crippen molar-refractivity contribution in [1.29, 1.82) is 0 Å². The van der Waals surface area contributed by atoms with Gasteiger partial charge in [-0.3, -0.25) is 4.40 Å². The molecule has 10 nitrogen and oxygen atoms in total. The minimum Gasteiger partial charge on any atom is -0.495 e. The van der Waals surface area contributed by atoms with Crippen LogP contribution < -0.4 is 15.0 Å². The zero-order chi connectivity index (χ0) is 16.7. The highest BCUT2D eigenvalue weighted by Crippen LogP contribution is 2.28. The van der Waals surface area contributed by atoms with Crippen molar-refractivity contribution < 1.29 is 14.3 Å². The summed E-state index contributed by atoms with van der Waals surface area (Å²) in [7, 11) is 3.12. The van der Waals surface area contributed by atoms with Gasteiger partial charge in [0.2, 0.25) is 5.65 Å². The minimum absolute atomic E-state index is 0.172. The monoisotopic (exact) mass is 329 g/mol. The summed E-state index contributed by atoms with van der Waals surface area (Å²) in [6.07, 6.45) is 2.62. The van der Waals surface area contributed by atoms with Gasteiger partial charge in [-0.1, -0.05) is 0 Å². The molecule has 1 aliphatic heterocycles. The molecule has 0 atom stereocenters. The van der Waals surface area contributed by atoms with Crippen LogP contribution in [0.2, 0.25) is 0 Å². The molecule has 4 rings (SSSR count). The van der Waals surface area contributed by atoms with Crippen molar-refractivity contribution in [2.45, 2.75) is 6.10 Å². The quantitative estimate of drug-likeness (QED) is 0.727. The van der Waals surface area contributed by atoms with Crippen molar-refractivity contribution >= 4 is 28.7 Å². The Kier molecular flexibility index (Phi) is 3.29. The van der Waals surface area contributed by atoms with Crippen LogP contribution in [-0.2, 0) is 4.74 Å². The molecule has 0 aromatic carbocycles. The molecule has 0 saturated carbocycles. The van der Waals surface area contributed by atoms with E-state index in [-0.39, 0.29) is 6.10 Å². The number of carbonyl (C=O) groups excluding carboxylic acids is 1. The summed E-state index contributed by atoms with van der Waals surface area (Å²) in [6, 6.07) is 1.84. The topological polar surface area (TPSA) is 107 Å². The predicted octanol–water partition coefficient (Wildman–Crippen LogP) is 0.226. The Balaban J connectivity index is 1.69. The number of alkyl carbamates (subject to hydrolysis) is 1. The van der Waals surface area contributed by atoms with Gasteiger partial charge in [0.1, 0.15) is 18.2 Å². The molecule has 0 aliphatic carbocycles. The van der Waals surface area contributed by atoms with Crippen LogP contribution in [0.15, 0.2) is 18.6 Å². The van der Waals surface area contributed by atoms with E-state index < -0.39 is 6.09 Å². The normalized spacial score (nSPS) is 14.7. The van der Waals surface area contributed by atoms with E-state index in [1.165, 1.54) is 7.05 Å². The fraction of sp³-hybridized carbons (Fsp3) is 0.357. The lowest BCUT2D eigenvalue weighted by Crippen LogP contribution is -2.54. The van der Waals surface area contributed by atoms with E-state index in [1.807, 2.05) is 15.4 Å². The van der Waals surface area contributed by atoms with Crippen LogP contribution >= 0.6 is 0 Å². The first kappa shape index (κ1) is 14.4. The standard InChI is InChI=1S/C14H15N7O3/c1-15-14(22)24-9-5-20(6-9)12-13-19-17-7-21(13)10-3-8(23-2)4-16-11(10)18-12/h3-4,7,9H,5-6H2,1-2H3,(H,15,22). The van der Waals surface area contributed by atoms with Crippen molar-refractivity contribution in [1.82, 2.24) is 29.9 Å². The van der Waals surface area contributed by atoms with Gasteiger partial charge in [-0.25, -0.2) is 14.8 Å². The number of nitrogens with one attached hydrogen (secondary N) is 1. The number of ether oxygens (including phenoxy) is 2. The van der Waals surface area contributed by atoms with E-state index in [0.717, 1.165) is 5.52 Å². The van der Waals surface area contributed by atoms with E-state index in [1.54, 1.807) is 19.6 Å². The van der Waals surface area contributed by atoms with Crippen LogP contribution in [0.1, 0.15) is 0 Å². The third-order valence-corrected chi connectivity index (χ3v) is 3.90. The van der Waals surface area contributed by atoms with E-state index in [4.69, 9.17) is 9.47 Å². The molecule has 0 bridgehead atoms. The molecule has 3 aromatic rings. The first-order valence-corrected chi connectivity index (χ1v) is 7.36. The highest BCUT2D eigenvalue weighted by atomic mass is 16.6. The number of hydrogen-bond acceptors (Lipinski definition) is 8. The fourth-order valence-electron chi connectivity index (χ4n) is 2.62. The molecule has 0 radical (unpaired) electrons. The number of aromatic nitrogens is 5. The number of pyridine rings is 1. The lowest BCUT2D eigenvalue weighted by molar-refractivity contribution is 0.0824. The first-order chi connectivity index (χ1) is 11.7. The van der Waals surface area contributed by atoms with Crippen molar-refractivity contribution in [2.24, 2.45) is 0 Å². The minimum atomic E-state index is -0.437. The third-order valence-electron chi connectivity index (χ3n) is 3.90. The van der Waals surface area contributed by atoms with Gasteiger partial charge in [0.25, 0.3) is 0 Å². The second-order valence-corrected chi connectivity index (χ2v) is 5.36. The molecule has 1 N–H and O–H groups in total. The van der Waals surface area contributed by atoms with Crippen LogP contribution in [0.4, 0.5) is 10.6 Å². The van der Waals surface area contributed by atoms with Gasteiger partial charge >= 0.3 is 6.09 Å². The predicted molar refractivity (Wildman–Crippen MR) is 84.2 cm³/mol. The van der Waals surface area contributed by atoms with Gasteiger partial charge in [-0.2, -0.15) is 0 Å². The highest BCUT2D eigenvalue weighted by molar-refractivity contribution is 5.81. The van der Waals surface area contributed by atoms with Gasteiger partial charge < -0.3 is 19.7 Å². The number of methoxy groups -OCH3 is 1. The average Bonchev–Trinajstić information content (AvgIpc) is 3.06. The fourth-order valence-corrected chi connectivity index (χ4v) is 2.62. The zero-order valence-corrected chi connectivity index (χ0v) is 13.1. The molecule has 1 fully saturated rings. The molecule has 0 spiro atoms. The summed E-state index contributed by atoms with van der Waals surface area (Å²) in [6.45, 7) is 1.09. The molecule has 124 valence electrons. The molecule has 1 amide bonds. The highest BCUT2D eigenvalue weighted by Gasteiger charge is 2.33. The molecular formula is C14H15N7O3. The Morgan fingerprint density at radius 3 is 3.00 bits per heavy atom. The van der Waals surface area contributed by atoms with Gasteiger partial charge in [0.05, 0.1) is 31.9 Å². The maximum absolute atomic E-state index is 11.2. The zero-order valence-electron chi connectivity index (χ0n) is 13.1. The van der Waals surface area contributed by atoms with Crippen LogP contribution in [-0.4, -0.2) is 64.0 Å². The van der Waals surface area contributed by atoms with E-state index in [0.29, 0.717) is 36.0 Å². The number of rotatable bonds is 3. The number of hydrogen-bond donors (Lipinski definition) is 1. The molecule has 10 heteroatoms. The van der Waals surface area contributed by atoms with Crippen LogP contribution in [0.25, 0.3) is 16.8 Å². The maximum Gasteiger partial charge on any atom is 0.407 e. The summed E-state index contributed by atoms with van der Waals surface area (Å²) in [5.74, 6) is 1.30. The summed E-state index contributed by atoms with van der Waals surface area (Å²) in [5.41, 5.74) is 1.95. The van der Waals surface area contributed by atoms with Gasteiger partial charge in [0, 0.05) is 13.1 Å². The van der Waals surface area contributed by atoms with Crippen LogP contribution in [0.5, 0.6) is 5.75 Å². The van der Waals surface area contributed by atoms with Crippen molar-refractivity contribution in [3.63, 3.8) is 0 Å². The summed E-state index contributed by atoms with van der Waals surface area (Å²) < 4.78 is 12.2. The number of amides is 1. The Labute approximate surface area is 136 Å². The lowest BCUT2D eigenvalue weighted by atomic mass is 10.1. The molecular weight excluding hydrogens is 314 g/mol.